The molecule has 0 fully saturated rings. The quantitative estimate of drug-likeness (QED) is 0.406. The molecule has 1 nitrogen and oxygen atoms in total. The summed E-state index contributed by atoms with van der Waals surface area (Å²) in [6, 6.07) is 0. The molecule has 0 aliphatic rings. The van der Waals surface area contributed by atoms with Gasteiger partial charge in [0.1, 0.15) is 0 Å². The maximum atomic E-state index is 9.44. The minimum atomic E-state index is 0. The predicted molar refractivity (Wildman–Crippen MR) is 35.2 cm³/mol. The molecule has 0 spiro atoms. The molecule has 46 valence electrons. The Morgan fingerprint density at radius 3 is 2.12 bits per heavy atom. The third-order valence-electron chi connectivity index (χ3n) is 0.632. The van der Waals surface area contributed by atoms with Crippen LogP contribution in [-0.2, 0) is 24.3 Å². The van der Waals surface area contributed by atoms with Crippen LogP contribution in [0.3, 0.4) is 0 Å². The van der Waals surface area contributed by atoms with Gasteiger partial charge in [0.25, 0.3) is 0 Å². The van der Waals surface area contributed by atoms with Crippen LogP contribution in [0.4, 0.5) is 0 Å². The molecule has 0 N–H and O–H groups in total. The predicted octanol–water partition coefficient (Wildman–Crippen LogP) is 0.0999. The number of hydrogen-bond donors (Lipinski definition) is 0. The molecule has 0 aromatic rings. The third kappa shape index (κ3) is 15.7. The van der Waals surface area contributed by atoms with Gasteiger partial charge in [0.15, 0.2) is 0 Å². The number of carbonyl (C=O) groups excluding carboxylic acids is 1. The molecule has 0 saturated heterocycles. The Hall–Kier alpha value is 1.11. The summed E-state index contributed by atoms with van der Waals surface area (Å²) >= 11 is 0. The van der Waals surface area contributed by atoms with Crippen molar-refractivity contribution >= 4 is 30.7 Å². The van der Waals surface area contributed by atoms with Crippen molar-refractivity contribution in [2.75, 3.05) is 0 Å². The van der Waals surface area contributed by atoms with Crippen molar-refractivity contribution in [2.45, 2.75) is 26.2 Å². The van der Waals surface area contributed by atoms with Gasteiger partial charge in [-0.15, -0.1) is 0 Å². The summed E-state index contributed by atoms with van der Waals surface area (Å²) < 4.78 is 0. The molecule has 0 aromatic carbocycles. The summed E-state index contributed by atoms with van der Waals surface area (Å²) in [7, 11) is 0. The molecule has 0 heterocycles. The van der Waals surface area contributed by atoms with Gasteiger partial charge in [0.05, 0.1) is 0 Å². The first-order valence-electron chi connectivity index (χ1n) is 2.26. The van der Waals surface area contributed by atoms with E-state index in [4.69, 9.17) is 0 Å². The Bertz CT molecular complexity index is 41.4. The topological polar surface area (TPSA) is 17.1 Å². The van der Waals surface area contributed by atoms with Crippen molar-refractivity contribution in [1.29, 1.82) is 0 Å². The standard InChI is InChI=1S/C5H9O.Sb.Zn.3H/c1-2-3-4-5-6;;;;;/h2-4H2,1H3;;;;;/q-1;;;;;. The smallest absolute Gasteiger partial charge is 0 e. The summed E-state index contributed by atoms with van der Waals surface area (Å²) in [5, 5.41) is 0. The summed E-state index contributed by atoms with van der Waals surface area (Å²) in [5.41, 5.74) is 0. The van der Waals surface area contributed by atoms with Crippen LogP contribution >= 0.6 is 0 Å². The van der Waals surface area contributed by atoms with Crippen LogP contribution in [-0.4, -0.2) is 30.7 Å². The molecule has 0 unspecified atom stereocenters. The van der Waals surface area contributed by atoms with E-state index in [-0.39, 0.29) is 43.9 Å². The number of hydrogen-bond acceptors (Lipinski definition) is 1. The molecule has 0 aliphatic heterocycles. The molecule has 8 heavy (non-hydrogen) atoms. The maximum Gasteiger partial charge on any atom is 0 e. The Morgan fingerprint density at radius 1 is 1.50 bits per heavy atom. The average Bonchev–Trinajstić information content (AvgIpc) is 1.61. The van der Waals surface area contributed by atoms with Gasteiger partial charge >= 0.3 is 24.4 Å². The van der Waals surface area contributed by atoms with Crippen LogP contribution < -0.4 is 0 Å². The Balaban J connectivity index is -0.000000125. The van der Waals surface area contributed by atoms with Gasteiger partial charge in [-0.1, -0.05) is 19.8 Å². The van der Waals surface area contributed by atoms with Gasteiger partial charge in [-0.2, -0.15) is 6.42 Å². The van der Waals surface area contributed by atoms with Gasteiger partial charge < -0.3 is 4.79 Å². The van der Waals surface area contributed by atoms with Crippen molar-refractivity contribution in [3.63, 3.8) is 0 Å². The van der Waals surface area contributed by atoms with Crippen LogP contribution in [0.2, 0.25) is 0 Å². The summed E-state index contributed by atoms with van der Waals surface area (Å²) in [5.74, 6) is 0. The van der Waals surface area contributed by atoms with Gasteiger partial charge in [0.2, 0.25) is 0 Å². The molecule has 0 atom stereocenters. The second kappa shape index (κ2) is 15.7. The van der Waals surface area contributed by atoms with Crippen molar-refractivity contribution in [2.24, 2.45) is 0 Å². The number of rotatable bonds is 3. The normalized spacial score (nSPS) is 6.12. The first-order valence-corrected chi connectivity index (χ1v) is 2.26. The van der Waals surface area contributed by atoms with Crippen LogP contribution in [0.5, 0.6) is 0 Å². The van der Waals surface area contributed by atoms with Crippen LogP contribution in [0, 0.1) is 0 Å². The van der Waals surface area contributed by atoms with E-state index in [0.717, 1.165) is 12.8 Å². The van der Waals surface area contributed by atoms with Gasteiger partial charge in [-0.3, -0.25) is 6.29 Å². The third-order valence-corrected chi connectivity index (χ3v) is 0.632. The fraction of sp³-hybridized carbons (Fsp3) is 0.800. The van der Waals surface area contributed by atoms with E-state index >= 15 is 0 Å². The molecule has 3 heteroatoms. The molecule has 0 rings (SSSR count). The Labute approximate surface area is 80.8 Å². The molecule has 0 radical (unpaired) electrons. The minimum Gasteiger partial charge on any atom is 0 e. The van der Waals surface area contributed by atoms with Crippen LogP contribution in [0.15, 0.2) is 0 Å². The Kier molecular flexibility index (Phi) is 31.5. The molecular formula is C5H12OSbZn-. The molecule has 0 aliphatic carbocycles. The van der Waals surface area contributed by atoms with Gasteiger partial charge in [0, 0.05) is 19.5 Å². The minimum absolute atomic E-state index is 0. The second-order valence-corrected chi connectivity index (χ2v) is 1.25. The van der Waals surface area contributed by atoms with E-state index in [2.05, 4.69) is 6.92 Å². The van der Waals surface area contributed by atoms with Gasteiger partial charge in [-0.05, 0) is 0 Å². The zero-order chi connectivity index (χ0) is 4.83. The van der Waals surface area contributed by atoms with Crippen LogP contribution in [0.1, 0.15) is 26.2 Å². The van der Waals surface area contributed by atoms with Crippen molar-refractivity contribution < 1.29 is 24.3 Å². The fourth-order valence-corrected chi connectivity index (χ4v) is 0.249. The maximum absolute atomic E-state index is 9.44. The largest absolute Gasteiger partial charge is 0 e. The molecule has 0 bridgehead atoms. The van der Waals surface area contributed by atoms with E-state index < -0.39 is 0 Å². The van der Waals surface area contributed by atoms with E-state index in [1.54, 1.807) is 0 Å². The van der Waals surface area contributed by atoms with Crippen molar-refractivity contribution in [3.05, 3.63) is 0 Å². The second-order valence-electron chi connectivity index (χ2n) is 1.25. The molecule has 0 aromatic heterocycles. The van der Waals surface area contributed by atoms with Gasteiger partial charge in [-0.25, -0.2) is 0 Å². The Morgan fingerprint density at radius 2 is 2.00 bits per heavy atom. The average molecular weight is 275 g/mol. The summed E-state index contributed by atoms with van der Waals surface area (Å²) in [4.78, 5) is 9.44. The monoisotopic (exact) mass is 273 g/mol. The molecular weight excluding hydrogens is 263 g/mol. The van der Waals surface area contributed by atoms with Crippen LogP contribution in [0.25, 0.3) is 0 Å². The van der Waals surface area contributed by atoms with Crippen molar-refractivity contribution in [1.82, 2.24) is 0 Å². The summed E-state index contributed by atoms with van der Waals surface area (Å²) in [6.45, 7) is 2.05. The SMILES string of the molecule is CCCC[C-]=O.[SbH3].[Zn]. The molecule has 0 saturated carbocycles. The van der Waals surface area contributed by atoms with E-state index in [0.29, 0.717) is 6.42 Å². The number of unbranched alkanes of at least 4 members (excludes halogenated alkanes) is 2. The fourth-order valence-electron chi connectivity index (χ4n) is 0.249. The van der Waals surface area contributed by atoms with Crippen molar-refractivity contribution in [3.8, 4) is 0 Å². The van der Waals surface area contributed by atoms with E-state index in [1.165, 1.54) is 0 Å². The first kappa shape index (κ1) is 16.1. The van der Waals surface area contributed by atoms with E-state index in [1.807, 2.05) is 6.29 Å². The molecule has 0 amide bonds. The zero-order valence-corrected chi connectivity index (χ0v) is 12.4. The first-order chi connectivity index (χ1) is 2.91. The summed E-state index contributed by atoms with van der Waals surface area (Å²) in [6.07, 6.45) is 4.51. The van der Waals surface area contributed by atoms with E-state index in [9.17, 15) is 4.79 Å². The zero-order valence-electron chi connectivity index (χ0n) is 5.44.